The van der Waals surface area contributed by atoms with Crippen molar-refractivity contribution < 1.29 is 9.53 Å². The number of amides is 1. The van der Waals surface area contributed by atoms with Gasteiger partial charge in [-0.05, 0) is 82.3 Å². The molecule has 2 heterocycles. The highest BCUT2D eigenvalue weighted by Crippen LogP contribution is 2.33. The van der Waals surface area contributed by atoms with Gasteiger partial charge in [0.25, 0.3) is 5.91 Å². The third kappa shape index (κ3) is 4.25. The Hall–Kier alpha value is -3.19. The van der Waals surface area contributed by atoms with E-state index < -0.39 is 0 Å². The second-order valence-corrected chi connectivity index (χ2v) is 9.83. The molecule has 0 atom stereocenters. The van der Waals surface area contributed by atoms with Crippen LogP contribution in [0.1, 0.15) is 48.9 Å². The monoisotopic (exact) mass is 460 g/mol. The van der Waals surface area contributed by atoms with E-state index in [1.807, 2.05) is 22.9 Å². The maximum absolute atomic E-state index is 11.8. The summed E-state index contributed by atoms with van der Waals surface area (Å²) >= 11 is 1.58. The lowest BCUT2D eigenvalue weighted by atomic mass is 9.86. The summed E-state index contributed by atoms with van der Waals surface area (Å²) in [4.78, 5) is 17.5. The van der Waals surface area contributed by atoms with Crippen LogP contribution in [0.25, 0.3) is 11.3 Å². The standard InChI is InChI=1S/C26H28N4O2S/c1-15(2)27-26-30(29-21-7-5-6-19-17(4)10-16(3)11-20(19)21)23(14-33-26)18-8-9-24-22(12-18)28-25(31)13-32-24/h8-12,14-15H,5-7,13H2,1-4H3,(H,28,31). The van der Waals surface area contributed by atoms with Crippen LogP contribution in [-0.4, -0.2) is 28.9 Å². The molecule has 0 bridgehead atoms. The van der Waals surface area contributed by atoms with E-state index in [-0.39, 0.29) is 18.6 Å². The first-order chi connectivity index (χ1) is 15.9. The minimum absolute atomic E-state index is 0.0497. The molecule has 5 rings (SSSR count). The Morgan fingerprint density at radius 1 is 1.15 bits per heavy atom. The molecule has 1 aliphatic heterocycles. The zero-order valence-electron chi connectivity index (χ0n) is 19.4. The van der Waals surface area contributed by atoms with E-state index in [1.54, 1.807) is 11.3 Å². The first kappa shape index (κ1) is 21.6. The maximum Gasteiger partial charge on any atom is 0.262 e. The number of anilines is 1. The number of thiazole rings is 1. The minimum atomic E-state index is -0.141. The van der Waals surface area contributed by atoms with E-state index in [0.717, 1.165) is 41.0 Å². The third-order valence-corrected chi connectivity index (χ3v) is 6.78. The third-order valence-electron chi connectivity index (χ3n) is 5.95. The van der Waals surface area contributed by atoms with Crippen LogP contribution >= 0.6 is 11.3 Å². The number of carbonyl (C=O) groups excluding carboxylic acids is 1. The number of hydrogen-bond donors (Lipinski definition) is 1. The minimum Gasteiger partial charge on any atom is -0.482 e. The van der Waals surface area contributed by atoms with Crippen molar-refractivity contribution in [2.45, 2.75) is 53.0 Å². The van der Waals surface area contributed by atoms with E-state index in [2.05, 4.69) is 50.5 Å². The van der Waals surface area contributed by atoms with Gasteiger partial charge < -0.3 is 10.1 Å². The second kappa shape index (κ2) is 8.63. The normalized spacial score (nSPS) is 17.1. The van der Waals surface area contributed by atoms with Crippen LogP contribution in [0.2, 0.25) is 0 Å². The molecule has 2 aromatic carbocycles. The number of aromatic nitrogens is 1. The predicted octanol–water partition coefficient (Wildman–Crippen LogP) is 5.06. The Kier molecular flexibility index (Phi) is 5.66. The number of aryl methyl sites for hydroxylation is 2. The lowest BCUT2D eigenvalue weighted by molar-refractivity contribution is -0.118. The average Bonchev–Trinajstić information content (AvgIpc) is 3.15. The molecule has 1 aliphatic carbocycles. The fourth-order valence-corrected chi connectivity index (χ4v) is 5.49. The summed E-state index contributed by atoms with van der Waals surface area (Å²) in [5, 5.41) is 10.2. The van der Waals surface area contributed by atoms with Crippen LogP contribution in [0.15, 0.2) is 45.8 Å². The van der Waals surface area contributed by atoms with Crippen LogP contribution in [0.5, 0.6) is 5.75 Å². The van der Waals surface area contributed by atoms with Gasteiger partial charge in [0.1, 0.15) is 5.75 Å². The van der Waals surface area contributed by atoms with Gasteiger partial charge in [-0.25, -0.2) is 4.68 Å². The van der Waals surface area contributed by atoms with Gasteiger partial charge >= 0.3 is 0 Å². The summed E-state index contributed by atoms with van der Waals surface area (Å²) in [5.41, 5.74) is 8.95. The Balaban J connectivity index is 1.68. The van der Waals surface area contributed by atoms with Crippen molar-refractivity contribution >= 4 is 28.6 Å². The SMILES string of the molecule is Cc1cc(C)c2c(c1)C(=Nn1c(-c3ccc4c(c3)NC(=O)CO4)csc1=NC(C)C)CCC2. The molecule has 6 nitrogen and oxygen atoms in total. The topological polar surface area (TPSA) is 68.0 Å². The van der Waals surface area contributed by atoms with Gasteiger partial charge in [0.2, 0.25) is 4.80 Å². The Bertz CT molecular complexity index is 1350. The van der Waals surface area contributed by atoms with Gasteiger partial charge in [0, 0.05) is 22.5 Å². The van der Waals surface area contributed by atoms with Crippen LogP contribution < -0.4 is 14.9 Å². The predicted molar refractivity (Wildman–Crippen MR) is 133 cm³/mol. The summed E-state index contributed by atoms with van der Waals surface area (Å²) in [6.45, 7) is 8.54. The summed E-state index contributed by atoms with van der Waals surface area (Å²) in [7, 11) is 0. The molecule has 2 aliphatic rings. The molecule has 1 N–H and O–H groups in total. The van der Waals surface area contributed by atoms with Crippen LogP contribution in [0, 0.1) is 13.8 Å². The number of rotatable bonds is 3. The van der Waals surface area contributed by atoms with Crippen molar-refractivity contribution in [1.29, 1.82) is 0 Å². The van der Waals surface area contributed by atoms with Gasteiger partial charge in [-0.1, -0.05) is 11.6 Å². The Morgan fingerprint density at radius 2 is 2.00 bits per heavy atom. The highest BCUT2D eigenvalue weighted by Gasteiger charge is 2.21. The van der Waals surface area contributed by atoms with Crippen molar-refractivity contribution in [2.75, 3.05) is 11.9 Å². The molecular formula is C26H28N4O2S. The molecule has 3 aromatic rings. The van der Waals surface area contributed by atoms with Gasteiger partial charge in [-0.3, -0.25) is 9.79 Å². The summed E-state index contributed by atoms with van der Waals surface area (Å²) < 4.78 is 7.51. The van der Waals surface area contributed by atoms with Crippen molar-refractivity contribution in [1.82, 2.24) is 4.68 Å². The Labute approximate surface area is 197 Å². The quantitative estimate of drug-likeness (QED) is 0.593. The maximum atomic E-state index is 11.8. The fraction of sp³-hybridized carbons (Fsp3) is 0.346. The molecule has 0 radical (unpaired) electrons. The van der Waals surface area contributed by atoms with E-state index in [4.69, 9.17) is 14.8 Å². The zero-order chi connectivity index (χ0) is 23.1. The summed E-state index contributed by atoms with van der Waals surface area (Å²) in [6, 6.07) is 10.5. The number of hydrogen-bond acceptors (Lipinski definition) is 5. The van der Waals surface area contributed by atoms with Gasteiger partial charge in [-0.2, -0.15) is 5.10 Å². The number of fused-ring (bicyclic) bond motifs is 2. The molecule has 0 spiro atoms. The summed E-state index contributed by atoms with van der Waals surface area (Å²) in [5.74, 6) is 0.545. The van der Waals surface area contributed by atoms with Crippen LogP contribution in [-0.2, 0) is 11.2 Å². The van der Waals surface area contributed by atoms with Crippen molar-refractivity contribution in [2.24, 2.45) is 10.1 Å². The van der Waals surface area contributed by atoms with Gasteiger partial charge in [-0.15, -0.1) is 11.3 Å². The molecule has 0 unspecified atom stereocenters. The van der Waals surface area contributed by atoms with Gasteiger partial charge in [0.05, 0.1) is 17.1 Å². The number of nitrogens with one attached hydrogen (secondary N) is 1. The first-order valence-electron chi connectivity index (χ1n) is 11.4. The van der Waals surface area contributed by atoms with E-state index >= 15 is 0 Å². The largest absolute Gasteiger partial charge is 0.482 e. The second-order valence-electron chi connectivity index (χ2n) is 8.99. The highest BCUT2D eigenvalue weighted by molar-refractivity contribution is 7.07. The lowest BCUT2D eigenvalue weighted by Gasteiger charge is -2.21. The van der Waals surface area contributed by atoms with Crippen molar-refractivity contribution in [3.8, 4) is 17.0 Å². The van der Waals surface area contributed by atoms with Crippen molar-refractivity contribution in [3.63, 3.8) is 0 Å². The molecule has 1 amide bonds. The molecule has 1 aromatic heterocycles. The first-order valence-corrected chi connectivity index (χ1v) is 12.3. The van der Waals surface area contributed by atoms with E-state index in [9.17, 15) is 4.79 Å². The molecule has 0 saturated heterocycles. The van der Waals surface area contributed by atoms with E-state index in [0.29, 0.717) is 11.4 Å². The number of carbonyl (C=O) groups is 1. The number of ether oxygens (including phenoxy) is 1. The molecule has 7 heteroatoms. The summed E-state index contributed by atoms with van der Waals surface area (Å²) in [6.07, 6.45) is 3.12. The smallest absolute Gasteiger partial charge is 0.262 e. The molecule has 170 valence electrons. The van der Waals surface area contributed by atoms with Crippen molar-refractivity contribution in [3.05, 3.63) is 62.8 Å². The zero-order valence-corrected chi connectivity index (χ0v) is 20.3. The highest BCUT2D eigenvalue weighted by atomic mass is 32.1. The average molecular weight is 461 g/mol. The molecule has 33 heavy (non-hydrogen) atoms. The molecular weight excluding hydrogens is 432 g/mol. The molecule has 0 fully saturated rings. The fourth-order valence-electron chi connectivity index (χ4n) is 4.53. The molecule has 0 saturated carbocycles. The van der Waals surface area contributed by atoms with Gasteiger partial charge in [0.15, 0.2) is 6.61 Å². The van der Waals surface area contributed by atoms with Crippen LogP contribution in [0.3, 0.4) is 0 Å². The van der Waals surface area contributed by atoms with E-state index in [1.165, 1.54) is 22.3 Å². The Morgan fingerprint density at radius 3 is 2.82 bits per heavy atom. The van der Waals surface area contributed by atoms with Crippen LogP contribution in [0.4, 0.5) is 5.69 Å². The number of nitrogens with zero attached hydrogens (tertiary/aromatic N) is 3. The lowest BCUT2D eigenvalue weighted by Crippen LogP contribution is -2.25. The number of benzene rings is 2.